The molecule has 4 nitrogen and oxygen atoms in total. The molecular formula is C16H21ClN2O2. The Balaban J connectivity index is 1.44. The molecule has 1 aromatic carbocycles. The Labute approximate surface area is 130 Å². The number of aliphatic hydroxyl groups is 1. The average Bonchev–Trinajstić information content (AvgIpc) is 3.00. The molecule has 3 unspecified atom stereocenters. The quantitative estimate of drug-likeness (QED) is 0.889. The highest BCUT2D eigenvalue weighted by Crippen LogP contribution is 2.37. The molecule has 0 spiro atoms. The van der Waals surface area contributed by atoms with Crippen molar-refractivity contribution in [2.24, 2.45) is 11.8 Å². The predicted octanol–water partition coefficient (Wildman–Crippen LogP) is 1.66. The molecule has 114 valence electrons. The molecule has 1 amide bonds. The number of hydrogen-bond acceptors (Lipinski definition) is 3. The summed E-state index contributed by atoms with van der Waals surface area (Å²) in [6, 6.07) is 7.48. The minimum Gasteiger partial charge on any atom is -0.393 e. The van der Waals surface area contributed by atoms with Gasteiger partial charge in [0.15, 0.2) is 0 Å². The van der Waals surface area contributed by atoms with Crippen molar-refractivity contribution in [2.75, 3.05) is 19.6 Å². The van der Waals surface area contributed by atoms with Gasteiger partial charge >= 0.3 is 0 Å². The fourth-order valence-electron chi connectivity index (χ4n) is 3.52. The van der Waals surface area contributed by atoms with Crippen LogP contribution in [0.4, 0.5) is 0 Å². The zero-order chi connectivity index (χ0) is 14.8. The van der Waals surface area contributed by atoms with Crippen LogP contribution >= 0.6 is 11.6 Å². The van der Waals surface area contributed by atoms with E-state index in [9.17, 15) is 9.90 Å². The molecule has 0 bridgehead atoms. The van der Waals surface area contributed by atoms with Gasteiger partial charge < -0.3 is 10.4 Å². The molecule has 2 N–H and O–H groups in total. The van der Waals surface area contributed by atoms with Crippen LogP contribution in [0.25, 0.3) is 0 Å². The molecular weight excluding hydrogens is 288 g/mol. The lowest BCUT2D eigenvalue weighted by Gasteiger charge is -2.17. The summed E-state index contributed by atoms with van der Waals surface area (Å²) >= 11 is 5.83. The Hall–Kier alpha value is -1.10. The summed E-state index contributed by atoms with van der Waals surface area (Å²) in [6.07, 6.45) is 1.85. The Kier molecular flexibility index (Phi) is 4.48. The Bertz CT molecular complexity index is 506. The minimum absolute atomic E-state index is 0.0411. The second kappa shape index (κ2) is 6.34. The molecule has 0 aromatic heterocycles. The van der Waals surface area contributed by atoms with E-state index in [2.05, 4.69) is 10.2 Å². The maximum atomic E-state index is 12.0. The van der Waals surface area contributed by atoms with Crippen LogP contribution in [0.5, 0.6) is 0 Å². The zero-order valence-corrected chi connectivity index (χ0v) is 12.7. The lowest BCUT2D eigenvalue weighted by atomic mass is 10.00. The Morgan fingerprint density at radius 3 is 2.76 bits per heavy atom. The zero-order valence-electron chi connectivity index (χ0n) is 12.0. The van der Waals surface area contributed by atoms with Gasteiger partial charge in [0.1, 0.15) is 0 Å². The first-order valence-electron chi connectivity index (χ1n) is 7.53. The second-order valence-electron chi connectivity index (χ2n) is 6.17. The third kappa shape index (κ3) is 3.57. The molecule has 3 rings (SSSR count). The third-order valence-corrected chi connectivity index (χ3v) is 4.92. The van der Waals surface area contributed by atoms with Gasteiger partial charge in [-0.1, -0.05) is 23.7 Å². The van der Waals surface area contributed by atoms with Gasteiger partial charge in [0, 0.05) is 30.6 Å². The van der Waals surface area contributed by atoms with Crippen LogP contribution in [-0.4, -0.2) is 41.7 Å². The van der Waals surface area contributed by atoms with Gasteiger partial charge in [-0.25, -0.2) is 0 Å². The first kappa shape index (κ1) is 14.8. The lowest BCUT2D eigenvalue weighted by Crippen LogP contribution is -2.36. The van der Waals surface area contributed by atoms with E-state index in [1.165, 1.54) is 0 Å². The number of carbonyl (C=O) groups is 1. The summed E-state index contributed by atoms with van der Waals surface area (Å²) in [4.78, 5) is 14.2. The molecule has 21 heavy (non-hydrogen) atoms. The molecule has 5 heteroatoms. The summed E-state index contributed by atoms with van der Waals surface area (Å²) < 4.78 is 0. The monoisotopic (exact) mass is 308 g/mol. The summed E-state index contributed by atoms with van der Waals surface area (Å²) in [6.45, 7) is 2.74. The van der Waals surface area contributed by atoms with Crippen LogP contribution < -0.4 is 5.32 Å². The van der Waals surface area contributed by atoms with E-state index in [1.54, 1.807) is 0 Å². The molecule has 0 radical (unpaired) electrons. The fourth-order valence-corrected chi connectivity index (χ4v) is 3.65. The summed E-state index contributed by atoms with van der Waals surface area (Å²) in [5, 5.41) is 13.5. The van der Waals surface area contributed by atoms with Crippen LogP contribution in [0.15, 0.2) is 24.3 Å². The standard InChI is InChI=1S/C16H21ClN2O2/c17-13-4-1-11(2-5-13)7-18-16(21)10-19-8-12-3-6-15(20)14(12)9-19/h1-2,4-5,12,14-15,20H,3,6-10H2,(H,18,21). The molecule has 1 saturated carbocycles. The largest absolute Gasteiger partial charge is 0.393 e. The second-order valence-corrected chi connectivity index (χ2v) is 6.60. The first-order chi connectivity index (χ1) is 10.1. The number of hydrogen-bond donors (Lipinski definition) is 2. The number of rotatable bonds is 4. The van der Waals surface area contributed by atoms with Crippen molar-refractivity contribution in [3.63, 3.8) is 0 Å². The number of likely N-dealkylation sites (tertiary alicyclic amines) is 1. The first-order valence-corrected chi connectivity index (χ1v) is 7.91. The highest BCUT2D eigenvalue weighted by molar-refractivity contribution is 6.30. The minimum atomic E-state index is -0.169. The van der Waals surface area contributed by atoms with Crippen LogP contribution in [0.2, 0.25) is 5.02 Å². The van der Waals surface area contributed by atoms with Gasteiger partial charge in [-0.05, 0) is 36.5 Å². The SMILES string of the molecule is O=C(CN1CC2CCC(O)C2C1)NCc1ccc(Cl)cc1. The van der Waals surface area contributed by atoms with Gasteiger partial charge in [-0.3, -0.25) is 9.69 Å². The van der Waals surface area contributed by atoms with E-state index in [0.29, 0.717) is 29.9 Å². The normalized spacial score (nSPS) is 28.6. The number of carbonyl (C=O) groups excluding carboxylic acids is 1. The molecule has 3 atom stereocenters. The van der Waals surface area contributed by atoms with Crippen molar-refractivity contribution in [1.82, 2.24) is 10.2 Å². The summed E-state index contributed by atoms with van der Waals surface area (Å²) in [7, 11) is 0. The molecule has 2 aliphatic rings. The molecule has 1 saturated heterocycles. The van der Waals surface area contributed by atoms with Gasteiger partial charge in [-0.2, -0.15) is 0 Å². The number of aliphatic hydroxyl groups excluding tert-OH is 1. The summed E-state index contributed by atoms with van der Waals surface area (Å²) in [5.41, 5.74) is 1.04. The number of halogens is 1. The molecule has 2 fully saturated rings. The molecule has 1 aliphatic heterocycles. The van der Waals surface area contributed by atoms with Crippen LogP contribution in [0, 0.1) is 11.8 Å². The third-order valence-electron chi connectivity index (χ3n) is 4.66. The van der Waals surface area contributed by atoms with Gasteiger partial charge in [0.2, 0.25) is 5.91 Å². The maximum Gasteiger partial charge on any atom is 0.234 e. The lowest BCUT2D eigenvalue weighted by molar-refractivity contribution is -0.122. The van der Waals surface area contributed by atoms with E-state index >= 15 is 0 Å². The highest BCUT2D eigenvalue weighted by Gasteiger charge is 2.41. The topological polar surface area (TPSA) is 52.6 Å². The van der Waals surface area contributed by atoms with Crippen molar-refractivity contribution < 1.29 is 9.90 Å². The van der Waals surface area contributed by atoms with Gasteiger partial charge in [-0.15, -0.1) is 0 Å². The molecule has 1 aliphatic carbocycles. The number of fused-ring (bicyclic) bond motifs is 1. The number of nitrogens with one attached hydrogen (secondary N) is 1. The predicted molar refractivity (Wildman–Crippen MR) is 82.0 cm³/mol. The maximum absolute atomic E-state index is 12.0. The van der Waals surface area contributed by atoms with Crippen molar-refractivity contribution in [3.05, 3.63) is 34.9 Å². The van der Waals surface area contributed by atoms with Crippen molar-refractivity contribution in [1.29, 1.82) is 0 Å². The van der Waals surface area contributed by atoms with Crippen LogP contribution in [0.3, 0.4) is 0 Å². The van der Waals surface area contributed by atoms with E-state index in [4.69, 9.17) is 11.6 Å². The van der Waals surface area contributed by atoms with E-state index in [1.807, 2.05) is 24.3 Å². The fraction of sp³-hybridized carbons (Fsp3) is 0.562. The summed E-state index contributed by atoms with van der Waals surface area (Å²) in [5.74, 6) is 0.984. The number of benzene rings is 1. The smallest absolute Gasteiger partial charge is 0.234 e. The Morgan fingerprint density at radius 1 is 1.29 bits per heavy atom. The number of amides is 1. The van der Waals surface area contributed by atoms with E-state index < -0.39 is 0 Å². The van der Waals surface area contributed by atoms with Gasteiger partial charge in [0.25, 0.3) is 0 Å². The Morgan fingerprint density at radius 2 is 2.05 bits per heavy atom. The van der Waals surface area contributed by atoms with Gasteiger partial charge in [0.05, 0.1) is 12.6 Å². The van der Waals surface area contributed by atoms with E-state index in [-0.39, 0.29) is 12.0 Å². The molecule has 1 heterocycles. The van der Waals surface area contributed by atoms with Crippen LogP contribution in [-0.2, 0) is 11.3 Å². The molecule has 1 aromatic rings. The van der Waals surface area contributed by atoms with Crippen molar-refractivity contribution >= 4 is 17.5 Å². The highest BCUT2D eigenvalue weighted by atomic mass is 35.5. The number of nitrogens with zero attached hydrogens (tertiary/aromatic N) is 1. The average molecular weight is 309 g/mol. The van der Waals surface area contributed by atoms with Crippen molar-refractivity contribution in [2.45, 2.75) is 25.5 Å². The van der Waals surface area contributed by atoms with E-state index in [0.717, 1.165) is 31.5 Å². The van der Waals surface area contributed by atoms with Crippen molar-refractivity contribution in [3.8, 4) is 0 Å². The van der Waals surface area contributed by atoms with Crippen LogP contribution in [0.1, 0.15) is 18.4 Å².